The Balaban J connectivity index is 1.78. The molecule has 0 bridgehead atoms. The minimum absolute atomic E-state index is 0.119. The smallest absolute Gasteiger partial charge is 0.271 e. The van der Waals surface area contributed by atoms with E-state index in [2.05, 4.69) is 62.2 Å². The molecule has 1 aliphatic heterocycles. The maximum atomic E-state index is 12.1. The van der Waals surface area contributed by atoms with Crippen LogP contribution in [0.1, 0.15) is 68.4 Å². The normalized spacial score (nSPS) is 18.4. The Hall–Kier alpha value is -2.82. The predicted octanol–water partition coefficient (Wildman–Crippen LogP) is 4.66. The van der Waals surface area contributed by atoms with Crippen LogP contribution in [0.25, 0.3) is 0 Å². The van der Waals surface area contributed by atoms with Crippen LogP contribution >= 0.6 is 0 Å². The number of nitrogens with one attached hydrogen (secondary N) is 1. The Morgan fingerprint density at radius 1 is 1.25 bits per heavy atom. The first-order chi connectivity index (χ1) is 13.2. The van der Waals surface area contributed by atoms with E-state index < -0.39 is 0 Å². The van der Waals surface area contributed by atoms with Crippen molar-refractivity contribution in [1.29, 1.82) is 0 Å². The predicted molar refractivity (Wildman–Crippen MR) is 114 cm³/mol. The van der Waals surface area contributed by atoms with Crippen molar-refractivity contribution in [3.05, 3.63) is 59.2 Å². The minimum Gasteiger partial charge on any atom is -0.508 e. The fraction of sp³-hybridized carbons (Fsp3) is 0.391. The second-order valence-electron chi connectivity index (χ2n) is 8.45. The van der Waals surface area contributed by atoms with Crippen LogP contribution in [0.15, 0.2) is 47.6 Å². The van der Waals surface area contributed by atoms with Crippen LogP contribution < -0.4 is 10.3 Å². The van der Waals surface area contributed by atoms with Gasteiger partial charge in [0.2, 0.25) is 0 Å². The number of phenols is 1. The quantitative estimate of drug-likeness (QED) is 0.600. The Morgan fingerprint density at radius 3 is 2.57 bits per heavy atom. The molecule has 5 nitrogen and oxygen atoms in total. The molecule has 0 fully saturated rings. The average molecular weight is 380 g/mol. The van der Waals surface area contributed by atoms with Gasteiger partial charge in [-0.2, -0.15) is 5.10 Å². The van der Waals surface area contributed by atoms with Crippen molar-refractivity contribution < 1.29 is 9.90 Å². The number of hydrogen-bond donors (Lipinski definition) is 2. The van der Waals surface area contributed by atoms with E-state index in [4.69, 9.17) is 0 Å². The number of carbonyl (C=O) groups is 1. The van der Waals surface area contributed by atoms with Gasteiger partial charge in [-0.25, -0.2) is 5.43 Å². The van der Waals surface area contributed by atoms with Crippen LogP contribution in [0.4, 0.5) is 5.69 Å². The Bertz CT molecular complexity index is 885. The first kappa shape index (κ1) is 19.9. The van der Waals surface area contributed by atoms with Gasteiger partial charge in [-0.3, -0.25) is 4.79 Å². The lowest BCUT2D eigenvalue weighted by molar-refractivity contribution is 0.0955. The number of nitrogens with zero attached hydrogens (tertiary/aromatic N) is 2. The highest BCUT2D eigenvalue weighted by atomic mass is 16.3. The van der Waals surface area contributed by atoms with Crippen LogP contribution in [0, 0.1) is 0 Å². The molecule has 28 heavy (non-hydrogen) atoms. The van der Waals surface area contributed by atoms with E-state index in [-0.39, 0.29) is 17.2 Å². The van der Waals surface area contributed by atoms with E-state index >= 15 is 0 Å². The zero-order valence-electron chi connectivity index (χ0n) is 17.2. The molecule has 2 aromatic carbocycles. The van der Waals surface area contributed by atoms with Gasteiger partial charge in [0.05, 0.1) is 6.21 Å². The average Bonchev–Trinajstić information content (AvgIpc) is 2.61. The monoisotopic (exact) mass is 379 g/mol. The van der Waals surface area contributed by atoms with Gasteiger partial charge in [0.15, 0.2) is 0 Å². The molecule has 1 unspecified atom stereocenters. The number of benzene rings is 2. The van der Waals surface area contributed by atoms with Crippen LogP contribution in [0.5, 0.6) is 5.75 Å². The lowest BCUT2D eigenvalue weighted by atomic mass is 9.79. The number of carbonyl (C=O) groups excluding carboxylic acids is 1. The summed E-state index contributed by atoms with van der Waals surface area (Å²) < 4.78 is 0. The molecule has 1 aliphatic rings. The lowest BCUT2D eigenvalue weighted by Gasteiger charge is -2.50. The number of rotatable bonds is 4. The lowest BCUT2D eigenvalue weighted by Crippen LogP contribution is -2.51. The molecule has 0 saturated carbocycles. The molecule has 1 amide bonds. The van der Waals surface area contributed by atoms with Crippen molar-refractivity contribution in [3.63, 3.8) is 0 Å². The van der Waals surface area contributed by atoms with E-state index in [1.165, 1.54) is 23.4 Å². The minimum atomic E-state index is -0.310. The van der Waals surface area contributed by atoms with Crippen molar-refractivity contribution in [3.8, 4) is 5.75 Å². The molecular formula is C23H29N3O2. The van der Waals surface area contributed by atoms with Gasteiger partial charge in [0, 0.05) is 22.8 Å². The first-order valence-electron chi connectivity index (χ1n) is 9.75. The number of amides is 1. The topological polar surface area (TPSA) is 64.9 Å². The Labute approximate surface area is 167 Å². The maximum Gasteiger partial charge on any atom is 0.271 e. The molecule has 2 aromatic rings. The summed E-state index contributed by atoms with van der Waals surface area (Å²) >= 11 is 0. The van der Waals surface area contributed by atoms with Crippen molar-refractivity contribution in [2.24, 2.45) is 5.10 Å². The summed E-state index contributed by atoms with van der Waals surface area (Å²) in [6.07, 6.45) is 2.77. The van der Waals surface area contributed by atoms with Gasteiger partial charge < -0.3 is 10.0 Å². The summed E-state index contributed by atoms with van der Waals surface area (Å²) in [6, 6.07) is 12.9. The van der Waals surface area contributed by atoms with Gasteiger partial charge in [-0.1, -0.05) is 13.0 Å². The SMILES string of the molecule is CC1CC(C)(C)N(C(C)C)c2ccc(/C=N/NC(=O)c3ccc(O)cc3)cc21. The highest BCUT2D eigenvalue weighted by molar-refractivity contribution is 5.95. The van der Waals surface area contributed by atoms with Crippen LogP contribution in [-0.4, -0.2) is 28.8 Å². The molecule has 0 saturated heterocycles. The van der Waals surface area contributed by atoms with Gasteiger partial charge in [-0.05, 0) is 87.6 Å². The number of hydrazone groups is 1. The molecule has 148 valence electrons. The highest BCUT2D eigenvalue weighted by Crippen LogP contribution is 2.44. The molecule has 0 radical (unpaired) electrons. The Kier molecular flexibility index (Phi) is 5.45. The zero-order valence-corrected chi connectivity index (χ0v) is 17.2. The summed E-state index contributed by atoms with van der Waals surface area (Å²) in [5.74, 6) is 0.275. The Morgan fingerprint density at radius 2 is 1.93 bits per heavy atom. The van der Waals surface area contributed by atoms with Gasteiger partial charge in [-0.15, -0.1) is 0 Å². The second kappa shape index (κ2) is 7.66. The largest absolute Gasteiger partial charge is 0.508 e. The number of anilines is 1. The van der Waals surface area contributed by atoms with Gasteiger partial charge >= 0.3 is 0 Å². The van der Waals surface area contributed by atoms with E-state index in [9.17, 15) is 9.90 Å². The third kappa shape index (κ3) is 4.03. The third-order valence-corrected chi connectivity index (χ3v) is 5.33. The van der Waals surface area contributed by atoms with Crippen LogP contribution in [0.3, 0.4) is 0 Å². The zero-order chi connectivity index (χ0) is 20.5. The van der Waals surface area contributed by atoms with E-state index in [0.717, 1.165) is 12.0 Å². The molecule has 1 atom stereocenters. The summed E-state index contributed by atoms with van der Waals surface area (Å²) in [5, 5.41) is 13.4. The van der Waals surface area contributed by atoms with Crippen molar-refractivity contribution >= 4 is 17.8 Å². The highest BCUT2D eigenvalue weighted by Gasteiger charge is 2.37. The summed E-state index contributed by atoms with van der Waals surface area (Å²) in [6.45, 7) is 11.3. The molecule has 2 N–H and O–H groups in total. The first-order valence-corrected chi connectivity index (χ1v) is 9.75. The van der Waals surface area contributed by atoms with Gasteiger partial charge in [0.25, 0.3) is 5.91 Å². The number of aromatic hydroxyl groups is 1. The van der Waals surface area contributed by atoms with Crippen LogP contribution in [-0.2, 0) is 0 Å². The second-order valence-corrected chi connectivity index (χ2v) is 8.45. The molecule has 0 aromatic heterocycles. The molecular weight excluding hydrogens is 350 g/mol. The molecule has 3 rings (SSSR count). The molecule has 0 spiro atoms. The summed E-state index contributed by atoms with van der Waals surface area (Å²) in [4.78, 5) is 14.6. The summed E-state index contributed by atoms with van der Waals surface area (Å²) in [7, 11) is 0. The van der Waals surface area contributed by atoms with E-state index in [1.807, 2.05) is 6.07 Å². The fourth-order valence-corrected chi connectivity index (χ4v) is 4.37. The molecule has 5 heteroatoms. The number of hydrogen-bond acceptors (Lipinski definition) is 4. The third-order valence-electron chi connectivity index (χ3n) is 5.33. The molecule has 0 aliphatic carbocycles. The fourth-order valence-electron chi connectivity index (χ4n) is 4.37. The standard InChI is InChI=1S/C23H29N3O2/c1-15(2)26-21-11-6-17(12-20(21)16(3)13-23(26,4)5)14-24-25-22(28)18-7-9-19(27)10-8-18/h6-12,14-16,27H,13H2,1-5H3,(H,25,28)/b24-14+. The van der Waals surface area contributed by atoms with Crippen molar-refractivity contribution in [2.75, 3.05) is 4.90 Å². The van der Waals surface area contributed by atoms with E-state index in [1.54, 1.807) is 18.3 Å². The summed E-state index contributed by atoms with van der Waals surface area (Å²) in [5.41, 5.74) is 6.67. The van der Waals surface area contributed by atoms with Crippen molar-refractivity contribution in [2.45, 2.75) is 58.5 Å². The van der Waals surface area contributed by atoms with E-state index in [0.29, 0.717) is 17.5 Å². The van der Waals surface area contributed by atoms with Crippen molar-refractivity contribution in [1.82, 2.24) is 5.43 Å². The van der Waals surface area contributed by atoms with Gasteiger partial charge in [0.1, 0.15) is 5.75 Å². The number of fused-ring (bicyclic) bond motifs is 1. The number of phenolic OH excluding ortho intramolecular Hbond substituents is 1. The maximum absolute atomic E-state index is 12.1. The van der Waals surface area contributed by atoms with Crippen LogP contribution in [0.2, 0.25) is 0 Å². The molecule has 1 heterocycles.